The lowest BCUT2D eigenvalue weighted by atomic mass is 9.97. The molecular weight excluding hydrogens is 298 g/mol. The van der Waals surface area contributed by atoms with Crippen LogP contribution in [-0.4, -0.2) is 41.5 Å². The van der Waals surface area contributed by atoms with E-state index in [1.807, 2.05) is 30.3 Å². The molecule has 1 aliphatic rings. The molecule has 0 radical (unpaired) electrons. The van der Waals surface area contributed by atoms with E-state index in [4.69, 9.17) is 8.85 Å². The number of aromatic amines is 1. The van der Waals surface area contributed by atoms with Crippen molar-refractivity contribution in [1.29, 1.82) is 0 Å². The molecule has 1 aliphatic heterocycles. The first-order valence-corrected chi connectivity index (χ1v) is 8.33. The van der Waals surface area contributed by atoms with Gasteiger partial charge in [0.25, 0.3) is 0 Å². The highest BCUT2D eigenvalue weighted by Gasteiger charge is 2.25. The van der Waals surface area contributed by atoms with E-state index in [2.05, 4.69) is 9.97 Å². The molecule has 0 saturated carbocycles. The largest absolute Gasteiger partial charge is 0.496 e. The number of likely N-dealkylation sites (tertiary alicyclic amines) is 1. The summed E-state index contributed by atoms with van der Waals surface area (Å²) in [7, 11) is 1.67. The van der Waals surface area contributed by atoms with Crippen molar-refractivity contribution in [2.24, 2.45) is 0 Å². The van der Waals surface area contributed by atoms with Crippen LogP contribution in [0.3, 0.4) is 0 Å². The number of hydrogen-bond donors (Lipinski definition) is 1. The molecule has 4 nitrogen and oxygen atoms in total. The van der Waals surface area contributed by atoms with Crippen LogP contribution in [0.15, 0.2) is 42.7 Å². The van der Waals surface area contributed by atoms with Gasteiger partial charge in [-0.25, -0.2) is 0 Å². The number of rotatable bonds is 4. The standard InChI is InChI=1S/C20H23N3O/c1-23-12-4-5-15(23)13-16-19-17(6-3-7-18(19)24-2)22-20(16)14-8-10-21-11-9-14/h3,6-11,15,22H,4-5,12-13H2,1-2H3/t15-/m1/s1/i1D3. The lowest BCUT2D eigenvalue weighted by Crippen LogP contribution is -2.26. The Hall–Kier alpha value is -2.33. The van der Waals surface area contributed by atoms with Gasteiger partial charge in [-0.15, -0.1) is 0 Å². The van der Waals surface area contributed by atoms with Crippen LogP contribution in [0.2, 0.25) is 0 Å². The van der Waals surface area contributed by atoms with Crippen molar-refractivity contribution in [3.63, 3.8) is 0 Å². The molecule has 2 aromatic heterocycles. The Kier molecular flexibility index (Phi) is 3.17. The van der Waals surface area contributed by atoms with Crippen LogP contribution < -0.4 is 4.74 Å². The fourth-order valence-corrected chi connectivity index (χ4v) is 3.70. The van der Waals surface area contributed by atoms with Gasteiger partial charge in [-0.05, 0) is 62.6 Å². The van der Waals surface area contributed by atoms with Crippen molar-refractivity contribution < 1.29 is 8.85 Å². The van der Waals surface area contributed by atoms with Gasteiger partial charge in [0.15, 0.2) is 0 Å². The highest BCUT2D eigenvalue weighted by atomic mass is 16.5. The molecule has 24 heavy (non-hydrogen) atoms. The van der Waals surface area contributed by atoms with E-state index in [-0.39, 0.29) is 6.04 Å². The SMILES string of the molecule is [2H]C([2H])([2H])N1CCC[C@@H]1Cc1c(-c2ccncc2)[nH]c2cccc(OC)c12. The zero-order chi connectivity index (χ0) is 19.0. The molecule has 124 valence electrons. The van der Waals surface area contributed by atoms with E-state index in [1.54, 1.807) is 24.4 Å². The van der Waals surface area contributed by atoms with Gasteiger partial charge in [0, 0.05) is 44.7 Å². The van der Waals surface area contributed by atoms with Crippen molar-refractivity contribution in [1.82, 2.24) is 14.9 Å². The van der Waals surface area contributed by atoms with Crippen LogP contribution in [0.1, 0.15) is 22.5 Å². The first-order valence-electron chi connectivity index (χ1n) is 9.83. The van der Waals surface area contributed by atoms with Crippen LogP contribution in [0.25, 0.3) is 22.2 Å². The molecule has 0 unspecified atom stereocenters. The number of aromatic nitrogens is 2. The Morgan fingerprint density at radius 1 is 1.33 bits per heavy atom. The third-order valence-corrected chi connectivity index (χ3v) is 4.90. The molecule has 0 bridgehead atoms. The summed E-state index contributed by atoms with van der Waals surface area (Å²) in [5.74, 6) is 0.803. The number of pyridine rings is 1. The number of nitrogens with zero attached hydrogens (tertiary/aromatic N) is 2. The lowest BCUT2D eigenvalue weighted by Gasteiger charge is -2.20. The number of benzene rings is 1. The number of nitrogens with one attached hydrogen (secondary N) is 1. The fraction of sp³-hybridized carbons (Fsp3) is 0.350. The Balaban J connectivity index is 1.85. The first kappa shape index (κ1) is 12.1. The molecule has 1 saturated heterocycles. The maximum absolute atomic E-state index is 7.87. The van der Waals surface area contributed by atoms with Crippen LogP contribution in [0.5, 0.6) is 5.75 Å². The average molecular weight is 324 g/mol. The predicted molar refractivity (Wildman–Crippen MR) is 97.4 cm³/mol. The van der Waals surface area contributed by atoms with Gasteiger partial charge in [-0.1, -0.05) is 6.07 Å². The fourth-order valence-electron chi connectivity index (χ4n) is 3.70. The van der Waals surface area contributed by atoms with E-state index >= 15 is 0 Å². The second-order valence-corrected chi connectivity index (χ2v) is 6.29. The highest BCUT2D eigenvalue weighted by molar-refractivity contribution is 5.95. The molecule has 0 spiro atoms. The van der Waals surface area contributed by atoms with Crippen molar-refractivity contribution in [3.8, 4) is 17.0 Å². The first-order chi connectivity index (χ1) is 13.0. The van der Waals surface area contributed by atoms with Crippen LogP contribution in [-0.2, 0) is 6.42 Å². The summed E-state index contributed by atoms with van der Waals surface area (Å²) < 4.78 is 29.2. The van der Waals surface area contributed by atoms with Crippen LogP contribution in [0, 0.1) is 0 Å². The molecule has 1 atom stereocenters. The molecule has 0 amide bonds. The van der Waals surface area contributed by atoms with E-state index in [9.17, 15) is 0 Å². The second-order valence-electron chi connectivity index (χ2n) is 6.29. The van der Waals surface area contributed by atoms with Crippen molar-refractivity contribution in [2.45, 2.75) is 25.3 Å². The van der Waals surface area contributed by atoms with Crippen LogP contribution >= 0.6 is 0 Å². The Morgan fingerprint density at radius 2 is 2.21 bits per heavy atom. The minimum absolute atomic E-state index is 0.0120. The van der Waals surface area contributed by atoms with E-state index in [0.717, 1.165) is 46.3 Å². The smallest absolute Gasteiger partial charge is 0.128 e. The van der Waals surface area contributed by atoms with Gasteiger partial charge in [-0.2, -0.15) is 0 Å². The lowest BCUT2D eigenvalue weighted by molar-refractivity contribution is 0.310. The quantitative estimate of drug-likeness (QED) is 0.792. The topological polar surface area (TPSA) is 41.2 Å². The van der Waals surface area contributed by atoms with Gasteiger partial charge in [0.1, 0.15) is 5.75 Å². The summed E-state index contributed by atoms with van der Waals surface area (Å²) in [4.78, 5) is 9.29. The van der Waals surface area contributed by atoms with Gasteiger partial charge in [0.05, 0.1) is 7.11 Å². The maximum atomic E-state index is 7.87. The Labute approximate surface area is 146 Å². The number of methoxy groups -OCH3 is 1. The number of H-pyrrole nitrogens is 1. The zero-order valence-electron chi connectivity index (χ0n) is 16.7. The van der Waals surface area contributed by atoms with Crippen molar-refractivity contribution >= 4 is 10.9 Å². The van der Waals surface area contributed by atoms with E-state index < -0.39 is 6.98 Å². The van der Waals surface area contributed by atoms with Gasteiger partial charge >= 0.3 is 0 Å². The minimum Gasteiger partial charge on any atom is -0.496 e. The van der Waals surface area contributed by atoms with Gasteiger partial charge < -0.3 is 14.6 Å². The number of fused-ring (bicyclic) bond motifs is 1. The number of ether oxygens (including phenoxy) is 1. The molecule has 1 N–H and O–H groups in total. The summed E-state index contributed by atoms with van der Waals surface area (Å²) in [5, 5.41) is 1.03. The Morgan fingerprint density at radius 3 is 3.00 bits per heavy atom. The molecular formula is C20H23N3O. The minimum atomic E-state index is -2.06. The predicted octanol–water partition coefficient (Wildman–Crippen LogP) is 3.88. The third-order valence-electron chi connectivity index (χ3n) is 4.90. The van der Waals surface area contributed by atoms with Gasteiger partial charge in [-0.3, -0.25) is 4.98 Å². The highest BCUT2D eigenvalue weighted by Crippen LogP contribution is 2.37. The van der Waals surface area contributed by atoms with Crippen molar-refractivity contribution in [3.05, 3.63) is 48.3 Å². The third kappa shape index (κ3) is 2.57. The summed E-state index contributed by atoms with van der Waals surface area (Å²) in [6, 6.07) is 9.87. The normalized spacial score (nSPS) is 20.7. The second kappa shape index (κ2) is 6.29. The molecule has 4 heteroatoms. The maximum Gasteiger partial charge on any atom is 0.128 e. The zero-order valence-corrected chi connectivity index (χ0v) is 13.7. The molecule has 4 rings (SSSR count). The summed E-state index contributed by atoms with van der Waals surface area (Å²) in [6.07, 6.45) is 6.00. The Bertz CT molecular complexity index is 937. The molecule has 1 aromatic carbocycles. The monoisotopic (exact) mass is 324 g/mol. The average Bonchev–Trinajstić information content (AvgIpc) is 3.27. The number of likely N-dealkylation sites (N-methyl/N-ethyl adjacent to an activating group) is 1. The molecule has 0 aliphatic carbocycles. The van der Waals surface area contributed by atoms with Crippen molar-refractivity contribution in [2.75, 3.05) is 20.6 Å². The summed E-state index contributed by atoms with van der Waals surface area (Å²) >= 11 is 0. The van der Waals surface area contributed by atoms with Gasteiger partial charge in [0.2, 0.25) is 0 Å². The van der Waals surface area contributed by atoms with E-state index in [0.29, 0.717) is 13.0 Å². The summed E-state index contributed by atoms with van der Waals surface area (Å²) in [6.45, 7) is -1.44. The summed E-state index contributed by atoms with van der Waals surface area (Å²) in [5.41, 5.74) is 4.15. The molecule has 3 heterocycles. The molecule has 3 aromatic rings. The van der Waals surface area contributed by atoms with Crippen LogP contribution in [0.4, 0.5) is 0 Å². The number of hydrogen-bond acceptors (Lipinski definition) is 3. The molecule has 1 fully saturated rings. The van der Waals surface area contributed by atoms with E-state index in [1.165, 1.54) is 0 Å².